The maximum atomic E-state index is 13.9. The number of hydrogen-bond donors (Lipinski definition) is 0. The van der Waals surface area contributed by atoms with Crippen LogP contribution in [0.2, 0.25) is 0 Å². The second-order valence-electron chi connectivity index (χ2n) is 3.63. The Bertz CT molecular complexity index is 419. The van der Waals surface area contributed by atoms with Crippen molar-refractivity contribution in [3.63, 3.8) is 0 Å². The Hall–Kier alpha value is -1.65. The zero-order chi connectivity index (χ0) is 13.0. The molecule has 0 aliphatic rings. The van der Waals surface area contributed by atoms with Gasteiger partial charge in [-0.25, -0.2) is 4.39 Å². The van der Waals surface area contributed by atoms with Crippen molar-refractivity contribution in [2.75, 3.05) is 14.2 Å². The van der Waals surface area contributed by atoms with Crippen LogP contribution in [-0.2, 0) is 4.79 Å². The molecule has 0 saturated heterocycles. The average molecular weight is 244 g/mol. The summed E-state index contributed by atoms with van der Waals surface area (Å²) in [7, 11) is 2.46. The Kier molecular flexibility index (Phi) is 4.43. The molecule has 1 unspecified atom stereocenters. The zero-order valence-electron chi connectivity index (χ0n) is 9.92. The molecular formula is C12H14F2O3. The molecule has 0 aliphatic carbocycles. The summed E-state index contributed by atoms with van der Waals surface area (Å²) in [6.45, 7) is 1.67. The van der Waals surface area contributed by atoms with Gasteiger partial charge < -0.3 is 14.3 Å². The van der Waals surface area contributed by atoms with Crippen molar-refractivity contribution in [1.82, 2.24) is 0 Å². The predicted octanol–water partition coefficient (Wildman–Crippen LogP) is 2.67. The van der Waals surface area contributed by atoms with Crippen LogP contribution in [0.5, 0.6) is 11.5 Å². The molecule has 1 atom stereocenters. The van der Waals surface area contributed by atoms with Crippen LogP contribution >= 0.6 is 0 Å². The smallest absolute Gasteiger partial charge is 0.209 e. The van der Waals surface area contributed by atoms with Crippen molar-refractivity contribution < 1.29 is 23.0 Å². The number of aldehydes is 1. The van der Waals surface area contributed by atoms with Crippen molar-refractivity contribution >= 4 is 6.29 Å². The number of rotatable bonds is 5. The largest absolute Gasteiger partial charge is 0.494 e. The fraction of sp³-hybridized carbons (Fsp3) is 0.417. The van der Waals surface area contributed by atoms with Crippen molar-refractivity contribution in [2.45, 2.75) is 19.3 Å². The number of hydrogen-bond acceptors (Lipinski definition) is 3. The van der Waals surface area contributed by atoms with E-state index in [2.05, 4.69) is 4.74 Å². The highest BCUT2D eigenvalue weighted by molar-refractivity contribution is 5.53. The molecule has 0 spiro atoms. The van der Waals surface area contributed by atoms with Crippen LogP contribution in [0, 0.1) is 11.6 Å². The molecule has 0 N–H and O–H groups in total. The Balaban J connectivity index is 3.35. The third-order valence-electron chi connectivity index (χ3n) is 2.56. The van der Waals surface area contributed by atoms with Gasteiger partial charge in [-0.05, 0) is 17.5 Å². The van der Waals surface area contributed by atoms with Gasteiger partial charge in [-0.2, -0.15) is 4.39 Å². The number of methoxy groups -OCH3 is 2. The quantitative estimate of drug-likeness (QED) is 0.747. The van der Waals surface area contributed by atoms with E-state index in [-0.39, 0.29) is 23.7 Å². The molecule has 1 aromatic rings. The molecule has 0 saturated carbocycles. The van der Waals surface area contributed by atoms with Gasteiger partial charge in [0.25, 0.3) is 0 Å². The molecule has 3 nitrogen and oxygen atoms in total. The van der Waals surface area contributed by atoms with Crippen molar-refractivity contribution in [1.29, 1.82) is 0 Å². The van der Waals surface area contributed by atoms with Gasteiger partial charge in [-0.1, -0.05) is 6.92 Å². The molecule has 0 radical (unpaired) electrons. The third-order valence-corrected chi connectivity index (χ3v) is 2.56. The minimum atomic E-state index is -0.880. The Morgan fingerprint density at radius 2 is 1.94 bits per heavy atom. The van der Waals surface area contributed by atoms with Gasteiger partial charge in [0.2, 0.25) is 5.82 Å². The standard InChI is InChI=1S/C12H14F2O3/c1-7(4-5-15)8-6-9(16-2)11(14)12(17-3)10(8)13/h5-7H,4H2,1-3H3. The first-order valence-electron chi connectivity index (χ1n) is 5.10. The van der Waals surface area contributed by atoms with E-state index in [0.717, 1.165) is 0 Å². The minimum Gasteiger partial charge on any atom is -0.494 e. The Morgan fingerprint density at radius 1 is 1.29 bits per heavy atom. The monoisotopic (exact) mass is 244 g/mol. The Morgan fingerprint density at radius 3 is 2.41 bits per heavy atom. The van der Waals surface area contributed by atoms with E-state index < -0.39 is 17.4 Å². The summed E-state index contributed by atoms with van der Waals surface area (Å²) in [6, 6.07) is 1.25. The fourth-order valence-corrected chi connectivity index (χ4v) is 1.56. The van der Waals surface area contributed by atoms with Gasteiger partial charge in [0.05, 0.1) is 14.2 Å². The predicted molar refractivity (Wildman–Crippen MR) is 58.6 cm³/mol. The highest BCUT2D eigenvalue weighted by Crippen LogP contribution is 2.36. The summed E-state index contributed by atoms with van der Waals surface area (Å²) < 4.78 is 37.0. The van der Waals surface area contributed by atoms with Crippen molar-refractivity contribution in [2.24, 2.45) is 0 Å². The summed E-state index contributed by atoms with van der Waals surface area (Å²) >= 11 is 0. The number of halogens is 2. The molecule has 1 aromatic carbocycles. The van der Waals surface area contributed by atoms with Gasteiger partial charge in [-0.15, -0.1) is 0 Å². The highest BCUT2D eigenvalue weighted by atomic mass is 19.1. The normalized spacial score (nSPS) is 12.1. The van der Waals surface area contributed by atoms with Gasteiger partial charge in [0.1, 0.15) is 6.29 Å². The molecule has 0 aliphatic heterocycles. The maximum absolute atomic E-state index is 13.9. The Labute approximate surface area is 98.3 Å². The lowest BCUT2D eigenvalue weighted by atomic mass is 9.97. The third kappa shape index (κ3) is 2.54. The number of ether oxygens (including phenoxy) is 2. The number of carbonyl (C=O) groups is 1. The topological polar surface area (TPSA) is 35.5 Å². The molecule has 0 aromatic heterocycles. The number of benzene rings is 1. The van der Waals surface area contributed by atoms with E-state index in [1.54, 1.807) is 6.92 Å². The molecular weight excluding hydrogens is 230 g/mol. The molecule has 94 valence electrons. The van der Waals surface area contributed by atoms with E-state index in [0.29, 0.717) is 6.29 Å². The van der Waals surface area contributed by atoms with Crippen LogP contribution < -0.4 is 9.47 Å². The van der Waals surface area contributed by atoms with Gasteiger partial charge >= 0.3 is 0 Å². The van der Waals surface area contributed by atoms with E-state index in [1.807, 2.05) is 0 Å². The fourth-order valence-electron chi connectivity index (χ4n) is 1.56. The lowest BCUT2D eigenvalue weighted by Gasteiger charge is -2.15. The molecule has 0 heterocycles. The summed E-state index contributed by atoms with van der Waals surface area (Å²) in [5.74, 6) is -2.63. The van der Waals surface area contributed by atoms with Crippen LogP contribution in [0.1, 0.15) is 24.8 Å². The molecule has 0 amide bonds. The van der Waals surface area contributed by atoms with Gasteiger partial charge in [0.15, 0.2) is 17.3 Å². The van der Waals surface area contributed by atoms with Crippen molar-refractivity contribution in [3.8, 4) is 11.5 Å². The summed E-state index contributed by atoms with van der Waals surface area (Å²) in [5.41, 5.74) is 0.201. The van der Waals surface area contributed by atoms with Crippen molar-refractivity contribution in [3.05, 3.63) is 23.3 Å². The van der Waals surface area contributed by atoms with Crippen LogP contribution in [0.3, 0.4) is 0 Å². The number of carbonyl (C=O) groups excluding carboxylic acids is 1. The van der Waals surface area contributed by atoms with Crippen LogP contribution in [0.4, 0.5) is 8.78 Å². The first kappa shape index (κ1) is 13.4. The summed E-state index contributed by atoms with van der Waals surface area (Å²) in [4.78, 5) is 10.4. The highest BCUT2D eigenvalue weighted by Gasteiger charge is 2.22. The van der Waals surface area contributed by atoms with Gasteiger partial charge in [0, 0.05) is 6.42 Å². The van der Waals surface area contributed by atoms with Crippen LogP contribution in [-0.4, -0.2) is 20.5 Å². The molecule has 5 heteroatoms. The molecule has 1 rings (SSSR count). The van der Waals surface area contributed by atoms with E-state index in [4.69, 9.17) is 4.74 Å². The zero-order valence-corrected chi connectivity index (χ0v) is 9.92. The summed E-state index contributed by atoms with van der Waals surface area (Å²) in [5, 5.41) is 0. The van der Waals surface area contributed by atoms with E-state index in [1.165, 1.54) is 20.3 Å². The first-order valence-corrected chi connectivity index (χ1v) is 5.10. The molecule has 0 bridgehead atoms. The average Bonchev–Trinajstić information content (AvgIpc) is 2.30. The minimum absolute atomic E-state index is 0.101. The lowest BCUT2D eigenvalue weighted by molar-refractivity contribution is -0.108. The maximum Gasteiger partial charge on any atom is 0.209 e. The van der Waals surface area contributed by atoms with Gasteiger partial charge in [-0.3, -0.25) is 0 Å². The second-order valence-corrected chi connectivity index (χ2v) is 3.63. The SMILES string of the molecule is COc1cc(C(C)CC=O)c(F)c(OC)c1F. The molecule has 17 heavy (non-hydrogen) atoms. The first-order chi connectivity index (χ1) is 8.06. The van der Waals surface area contributed by atoms with E-state index >= 15 is 0 Å². The van der Waals surface area contributed by atoms with Crippen LogP contribution in [0.15, 0.2) is 6.07 Å². The second kappa shape index (κ2) is 5.61. The lowest BCUT2D eigenvalue weighted by Crippen LogP contribution is -2.04. The van der Waals surface area contributed by atoms with Crippen LogP contribution in [0.25, 0.3) is 0 Å². The van der Waals surface area contributed by atoms with E-state index in [9.17, 15) is 13.6 Å². The summed E-state index contributed by atoms with van der Waals surface area (Å²) in [6.07, 6.45) is 0.835. The molecule has 0 fully saturated rings.